The highest BCUT2D eigenvalue weighted by molar-refractivity contribution is 5.84. The molecule has 0 saturated carbocycles. The van der Waals surface area contributed by atoms with Gasteiger partial charge in [0.1, 0.15) is 17.9 Å². The normalized spacial score (nSPS) is 10.9. The molecule has 4 rings (SSSR count). The monoisotopic (exact) mass is 416 g/mol. The van der Waals surface area contributed by atoms with Gasteiger partial charge in [-0.2, -0.15) is 5.10 Å². The van der Waals surface area contributed by atoms with Crippen molar-refractivity contribution < 1.29 is 13.9 Å². The number of rotatable bonds is 5. The number of aromatic nitrogens is 2. The summed E-state index contributed by atoms with van der Waals surface area (Å²) in [5, 5.41) is 5.07. The zero-order valence-electron chi connectivity index (χ0n) is 17.1. The summed E-state index contributed by atoms with van der Waals surface area (Å²) < 4.78 is 11.9. The molecule has 156 valence electrons. The van der Waals surface area contributed by atoms with Crippen molar-refractivity contribution in [1.29, 1.82) is 0 Å². The SMILES string of the molecule is CCc1cc2c(C)cc(=O)oc2cc1OC(=O)Cn1nc(-c2ccccc2)ccc1=O. The zero-order chi connectivity index (χ0) is 22.0. The van der Waals surface area contributed by atoms with Crippen LogP contribution in [0.3, 0.4) is 0 Å². The Morgan fingerprint density at radius 3 is 2.58 bits per heavy atom. The molecule has 0 aliphatic heterocycles. The molecule has 7 heteroatoms. The number of ether oxygens (including phenoxy) is 1. The van der Waals surface area contributed by atoms with Crippen LogP contribution in [0.4, 0.5) is 0 Å². The number of hydrogen-bond acceptors (Lipinski definition) is 6. The van der Waals surface area contributed by atoms with Crippen LogP contribution in [0.2, 0.25) is 0 Å². The second-order valence-corrected chi connectivity index (χ2v) is 7.11. The number of benzene rings is 2. The molecule has 0 fully saturated rings. The predicted molar refractivity (Wildman–Crippen MR) is 116 cm³/mol. The summed E-state index contributed by atoms with van der Waals surface area (Å²) in [6, 6.07) is 17.1. The molecule has 0 bridgehead atoms. The van der Waals surface area contributed by atoms with E-state index in [1.165, 1.54) is 18.2 Å². The molecule has 31 heavy (non-hydrogen) atoms. The lowest BCUT2D eigenvalue weighted by Crippen LogP contribution is -2.28. The molecular weight excluding hydrogens is 396 g/mol. The number of esters is 1. The molecule has 4 aromatic rings. The highest BCUT2D eigenvalue weighted by Gasteiger charge is 2.15. The van der Waals surface area contributed by atoms with Crippen molar-refractivity contribution in [3.05, 3.63) is 92.6 Å². The first-order valence-corrected chi connectivity index (χ1v) is 9.86. The number of fused-ring (bicyclic) bond motifs is 1. The lowest BCUT2D eigenvalue weighted by atomic mass is 10.1. The Kier molecular flexibility index (Phi) is 5.49. The lowest BCUT2D eigenvalue weighted by Gasteiger charge is -2.12. The minimum Gasteiger partial charge on any atom is -0.425 e. The summed E-state index contributed by atoms with van der Waals surface area (Å²) in [5.41, 5.74) is 2.44. The van der Waals surface area contributed by atoms with E-state index in [1.807, 2.05) is 50.2 Å². The van der Waals surface area contributed by atoms with Crippen molar-refractivity contribution in [2.24, 2.45) is 0 Å². The van der Waals surface area contributed by atoms with Gasteiger partial charge in [-0.1, -0.05) is 37.3 Å². The van der Waals surface area contributed by atoms with Crippen LogP contribution >= 0.6 is 0 Å². The van der Waals surface area contributed by atoms with Gasteiger partial charge in [-0.05, 0) is 36.6 Å². The second-order valence-electron chi connectivity index (χ2n) is 7.11. The van der Waals surface area contributed by atoms with Gasteiger partial charge in [-0.15, -0.1) is 0 Å². The van der Waals surface area contributed by atoms with Crippen LogP contribution in [0.5, 0.6) is 5.75 Å². The van der Waals surface area contributed by atoms with E-state index < -0.39 is 17.2 Å². The topological polar surface area (TPSA) is 91.4 Å². The molecule has 2 aromatic carbocycles. The van der Waals surface area contributed by atoms with Gasteiger partial charge < -0.3 is 9.15 Å². The van der Waals surface area contributed by atoms with Gasteiger partial charge in [-0.3, -0.25) is 4.79 Å². The van der Waals surface area contributed by atoms with Gasteiger partial charge in [0, 0.05) is 29.1 Å². The number of aryl methyl sites for hydroxylation is 2. The molecule has 2 aromatic heterocycles. The summed E-state index contributed by atoms with van der Waals surface area (Å²) in [5.74, 6) is -0.357. The van der Waals surface area contributed by atoms with E-state index in [4.69, 9.17) is 9.15 Å². The summed E-state index contributed by atoms with van der Waals surface area (Å²) in [6.07, 6.45) is 0.610. The first kappa shape index (κ1) is 20.3. The Bertz CT molecular complexity index is 1390. The first-order valence-electron chi connectivity index (χ1n) is 9.86. The quantitative estimate of drug-likeness (QED) is 0.281. The van der Waals surface area contributed by atoms with E-state index in [1.54, 1.807) is 6.07 Å². The van der Waals surface area contributed by atoms with E-state index >= 15 is 0 Å². The van der Waals surface area contributed by atoms with Crippen molar-refractivity contribution >= 4 is 16.9 Å². The van der Waals surface area contributed by atoms with Gasteiger partial charge in [0.25, 0.3) is 5.56 Å². The fourth-order valence-electron chi connectivity index (χ4n) is 3.36. The average Bonchev–Trinajstić information content (AvgIpc) is 2.75. The molecule has 0 radical (unpaired) electrons. The van der Waals surface area contributed by atoms with Gasteiger partial charge in [-0.25, -0.2) is 14.3 Å². The second kappa shape index (κ2) is 8.39. The van der Waals surface area contributed by atoms with Gasteiger partial charge in [0.2, 0.25) is 0 Å². The summed E-state index contributed by atoms with van der Waals surface area (Å²) >= 11 is 0. The van der Waals surface area contributed by atoms with E-state index in [0.29, 0.717) is 23.4 Å². The molecule has 0 N–H and O–H groups in total. The van der Waals surface area contributed by atoms with E-state index in [-0.39, 0.29) is 6.54 Å². The van der Waals surface area contributed by atoms with Crippen molar-refractivity contribution in [2.45, 2.75) is 26.8 Å². The molecule has 0 atom stereocenters. The Morgan fingerprint density at radius 2 is 1.84 bits per heavy atom. The lowest BCUT2D eigenvalue weighted by molar-refractivity contribution is -0.135. The van der Waals surface area contributed by atoms with Crippen LogP contribution < -0.4 is 15.9 Å². The summed E-state index contributed by atoms with van der Waals surface area (Å²) in [4.78, 5) is 36.5. The fraction of sp³-hybridized carbons (Fsp3) is 0.167. The molecule has 0 unspecified atom stereocenters. The molecule has 0 aliphatic carbocycles. The van der Waals surface area contributed by atoms with Crippen molar-refractivity contribution in [1.82, 2.24) is 9.78 Å². The van der Waals surface area contributed by atoms with Crippen LogP contribution in [0.25, 0.3) is 22.2 Å². The Hall–Kier alpha value is -4.00. The van der Waals surface area contributed by atoms with Crippen molar-refractivity contribution in [3.8, 4) is 17.0 Å². The van der Waals surface area contributed by atoms with Crippen molar-refractivity contribution in [3.63, 3.8) is 0 Å². The highest BCUT2D eigenvalue weighted by Crippen LogP contribution is 2.28. The molecule has 0 spiro atoms. The van der Waals surface area contributed by atoms with E-state index in [0.717, 1.165) is 26.8 Å². The van der Waals surface area contributed by atoms with Crippen LogP contribution in [0.15, 0.2) is 74.7 Å². The predicted octanol–water partition coefficient (Wildman–Crippen LogP) is 3.49. The largest absolute Gasteiger partial charge is 0.425 e. The van der Waals surface area contributed by atoms with Crippen LogP contribution in [-0.2, 0) is 17.8 Å². The van der Waals surface area contributed by atoms with E-state index in [9.17, 15) is 14.4 Å². The zero-order valence-corrected chi connectivity index (χ0v) is 17.1. The standard InChI is InChI=1S/C24H20N2O5/c1-3-16-12-18-15(2)11-23(28)31-21(18)13-20(16)30-24(29)14-26-22(27)10-9-19(25-26)17-7-5-4-6-8-17/h4-13H,3,14H2,1-2H3. The number of nitrogens with zero attached hydrogens (tertiary/aromatic N) is 2. The van der Waals surface area contributed by atoms with Crippen LogP contribution in [0, 0.1) is 6.92 Å². The molecule has 0 amide bonds. The molecular formula is C24H20N2O5. The molecule has 2 heterocycles. The van der Waals surface area contributed by atoms with Crippen LogP contribution in [0.1, 0.15) is 18.1 Å². The third kappa shape index (κ3) is 4.30. The Morgan fingerprint density at radius 1 is 1.06 bits per heavy atom. The fourth-order valence-corrected chi connectivity index (χ4v) is 3.36. The van der Waals surface area contributed by atoms with E-state index in [2.05, 4.69) is 5.10 Å². The maximum Gasteiger partial charge on any atom is 0.336 e. The third-order valence-electron chi connectivity index (χ3n) is 4.95. The van der Waals surface area contributed by atoms with Gasteiger partial charge >= 0.3 is 11.6 Å². The molecule has 0 saturated heterocycles. The average molecular weight is 416 g/mol. The minimum atomic E-state index is -0.649. The summed E-state index contributed by atoms with van der Waals surface area (Å²) in [7, 11) is 0. The Balaban J connectivity index is 1.63. The maximum atomic E-state index is 12.6. The summed E-state index contributed by atoms with van der Waals surface area (Å²) in [6.45, 7) is 3.41. The molecule has 7 nitrogen and oxygen atoms in total. The smallest absolute Gasteiger partial charge is 0.336 e. The van der Waals surface area contributed by atoms with Gasteiger partial charge in [0.05, 0.1) is 5.69 Å². The number of carbonyl (C=O) groups is 1. The van der Waals surface area contributed by atoms with Gasteiger partial charge in [0.15, 0.2) is 0 Å². The molecule has 0 aliphatic rings. The number of carbonyl (C=O) groups excluding carboxylic acids is 1. The highest BCUT2D eigenvalue weighted by atomic mass is 16.5. The third-order valence-corrected chi connectivity index (χ3v) is 4.95. The van der Waals surface area contributed by atoms with Crippen molar-refractivity contribution in [2.75, 3.05) is 0 Å². The Labute approximate surface area is 177 Å². The minimum absolute atomic E-state index is 0.293. The first-order chi connectivity index (χ1) is 14.9. The maximum absolute atomic E-state index is 12.6. The van der Waals surface area contributed by atoms with Crippen LogP contribution in [-0.4, -0.2) is 15.7 Å². The number of hydrogen-bond donors (Lipinski definition) is 0.